The number of benzene rings is 1. The molecule has 0 atom stereocenters. The SMILES string of the molecule is c1ccc2c(c1)CC(C1=NCCS1)C2. The van der Waals surface area contributed by atoms with Crippen molar-refractivity contribution in [2.24, 2.45) is 10.9 Å². The third kappa shape index (κ3) is 1.38. The van der Waals surface area contributed by atoms with E-state index in [0.29, 0.717) is 5.92 Å². The van der Waals surface area contributed by atoms with Gasteiger partial charge in [0.2, 0.25) is 0 Å². The molecule has 0 N–H and O–H groups in total. The van der Waals surface area contributed by atoms with E-state index in [0.717, 1.165) is 6.54 Å². The van der Waals surface area contributed by atoms with Crippen molar-refractivity contribution in [1.82, 2.24) is 0 Å². The van der Waals surface area contributed by atoms with Crippen LogP contribution in [-0.4, -0.2) is 17.3 Å². The predicted octanol–water partition coefficient (Wildman–Crippen LogP) is 2.55. The molecule has 1 aliphatic heterocycles. The maximum atomic E-state index is 4.58. The minimum atomic E-state index is 0.694. The molecule has 1 nitrogen and oxygen atoms in total. The molecule has 0 spiro atoms. The van der Waals surface area contributed by atoms with Crippen LogP contribution < -0.4 is 0 Å². The molecule has 0 saturated heterocycles. The molecule has 1 heterocycles. The van der Waals surface area contributed by atoms with Crippen molar-refractivity contribution in [2.45, 2.75) is 12.8 Å². The average Bonchev–Trinajstić information content (AvgIpc) is 2.86. The van der Waals surface area contributed by atoms with Gasteiger partial charge >= 0.3 is 0 Å². The van der Waals surface area contributed by atoms with Gasteiger partial charge < -0.3 is 0 Å². The van der Waals surface area contributed by atoms with Crippen LogP contribution in [0.15, 0.2) is 29.3 Å². The van der Waals surface area contributed by atoms with Crippen LogP contribution in [0.4, 0.5) is 0 Å². The Labute approximate surface area is 88.6 Å². The standard InChI is InChI=1S/C12H13NS/c1-2-4-10-8-11(7-9(10)3-1)12-13-5-6-14-12/h1-4,11H,5-8H2. The highest BCUT2D eigenvalue weighted by atomic mass is 32.2. The molecular formula is C12H13NS. The molecule has 1 aromatic rings. The van der Waals surface area contributed by atoms with Crippen molar-refractivity contribution in [1.29, 1.82) is 0 Å². The van der Waals surface area contributed by atoms with Crippen molar-refractivity contribution in [3.8, 4) is 0 Å². The Balaban J connectivity index is 1.84. The molecule has 3 rings (SSSR count). The van der Waals surface area contributed by atoms with Gasteiger partial charge in [0.25, 0.3) is 0 Å². The first-order valence-corrected chi connectivity index (χ1v) is 6.16. The fourth-order valence-electron chi connectivity index (χ4n) is 2.33. The van der Waals surface area contributed by atoms with Gasteiger partial charge in [-0.25, -0.2) is 0 Å². The number of thioether (sulfide) groups is 1. The normalized spacial score (nSPS) is 21.0. The van der Waals surface area contributed by atoms with Crippen LogP contribution in [0, 0.1) is 5.92 Å². The van der Waals surface area contributed by atoms with Gasteiger partial charge in [-0.3, -0.25) is 4.99 Å². The fraction of sp³-hybridized carbons (Fsp3) is 0.417. The summed E-state index contributed by atoms with van der Waals surface area (Å²) in [5.74, 6) is 1.89. The zero-order chi connectivity index (χ0) is 9.38. The molecule has 0 unspecified atom stereocenters. The number of aliphatic imine (C=N–C) groups is 1. The average molecular weight is 203 g/mol. The summed E-state index contributed by atoms with van der Waals surface area (Å²) in [5.41, 5.74) is 3.07. The zero-order valence-corrected chi connectivity index (χ0v) is 8.89. The second-order valence-corrected chi connectivity index (χ2v) is 5.06. The van der Waals surface area contributed by atoms with Gasteiger partial charge in [-0.15, -0.1) is 11.8 Å². The Morgan fingerprint density at radius 1 is 1.14 bits per heavy atom. The summed E-state index contributed by atoms with van der Waals surface area (Å²) in [6.45, 7) is 1.03. The highest BCUT2D eigenvalue weighted by Crippen LogP contribution is 2.32. The molecule has 0 bridgehead atoms. The lowest BCUT2D eigenvalue weighted by molar-refractivity contribution is 0.758. The molecule has 1 aliphatic carbocycles. The summed E-state index contributed by atoms with van der Waals surface area (Å²) in [4.78, 5) is 4.58. The molecule has 2 heteroatoms. The van der Waals surface area contributed by atoms with Crippen molar-refractivity contribution < 1.29 is 0 Å². The van der Waals surface area contributed by atoms with Crippen LogP contribution >= 0.6 is 11.8 Å². The lowest BCUT2D eigenvalue weighted by Gasteiger charge is -2.06. The Bertz CT molecular complexity index is 359. The highest BCUT2D eigenvalue weighted by molar-refractivity contribution is 8.14. The number of hydrogen-bond donors (Lipinski definition) is 0. The lowest BCUT2D eigenvalue weighted by Crippen LogP contribution is -2.09. The smallest absolute Gasteiger partial charge is 0.0714 e. The summed E-state index contributed by atoms with van der Waals surface area (Å²) in [5, 5.41) is 1.40. The summed E-state index contributed by atoms with van der Waals surface area (Å²) < 4.78 is 0. The molecule has 0 saturated carbocycles. The van der Waals surface area contributed by atoms with E-state index in [4.69, 9.17) is 0 Å². The van der Waals surface area contributed by atoms with E-state index in [1.165, 1.54) is 34.8 Å². The van der Waals surface area contributed by atoms with E-state index in [9.17, 15) is 0 Å². The third-order valence-electron chi connectivity index (χ3n) is 3.01. The van der Waals surface area contributed by atoms with Crippen LogP contribution in [0.3, 0.4) is 0 Å². The topological polar surface area (TPSA) is 12.4 Å². The summed E-state index contributed by atoms with van der Waals surface area (Å²) in [6, 6.07) is 8.81. The Morgan fingerprint density at radius 3 is 2.43 bits per heavy atom. The second-order valence-electron chi connectivity index (χ2n) is 3.94. The Morgan fingerprint density at radius 2 is 1.86 bits per heavy atom. The number of fused-ring (bicyclic) bond motifs is 1. The minimum absolute atomic E-state index is 0.694. The van der Waals surface area contributed by atoms with Crippen LogP contribution in [-0.2, 0) is 12.8 Å². The molecule has 0 radical (unpaired) electrons. The predicted molar refractivity (Wildman–Crippen MR) is 62.1 cm³/mol. The summed E-state index contributed by atoms with van der Waals surface area (Å²) in [6.07, 6.45) is 2.42. The molecular weight excluding hydrogens is 190 g/mol. The van der Waals surface area contributed by atoms with Gasteiger partial charge in [0.1, 0.15) is 0 Å². The van der Waals surface area contributed by atoms with E-state index >= 15 is 0 Å². The molecule has 0 amide bonds. The minimum Gasteiger partial charge on any atom is -0.282 e. The van der Waals surface area contributed by atoms with Gasteiger partial charge in [-0.1, -0.05) is 24.3 Å². The number of rotatable bonds is 1. The first-order chi connectivity index (χ1) is 6.93. The Kier molecular flexibility index (Phi) is 2.09. The van der Waals surface area contributed by atoms with Crippen LogP contribution in [0.1, 0.15) is 11.1 Å². The monoisotopic (exact) mass is 203 g/mol. The Hall–Kier alpha value is -0.760. The number of nitrogens with zero attached hydrogens (tertiary/aromatic N) is 1. The van der Waals surface area contributed by atoms with Crippen molar-refractivity contribution in [3.05, 3.63) is 35.4 Å². The van der Waals surface area contributed by atoms with Gasteiger partial charge in [0.15, 0.2) is 0 Å². The van der Waals surface area contributed by atoms with E-state index in [1.54, 1.807) is 0 Å². The van der Waals surface area contributed by atoms with E-state index in [2.05, 4.69) is 29.3 Å². The van der Waals surface area contributed by atoms with Crippen LogP contribution in [0.2, 0.25) is 0 Å². The highest BCUT2D eigenvalue weighted by Gasteiger charge is 2.26. The van der Waals surface area contributed by atoms with Crippen LogP contribution in [0.25, 0.3) is 0 Å². The molecule has 1 aromatic carbocycles. The first-order valence-electron chi connectivity index (χ1n) is 5.17. The van der Waals surface area contributed by atoms with Crippen molar-refractivity contribution >= 4 is 16.8 Å². The maximum Gasteiger partial charge on any atom is 0.0714 e. The van der Waals surface area contributed by atoms with Crippen molar-refractivity contribution in [2.75, 3.05) is 12.3 Å². The summed E-state index contributed by atoms with van der Waals surface area (Å²) in [7, 11) is 0. The van der Waals surface area contributed by atoms with Crippen LogP contribution in [0.5, 0.6) is 0 Å². The molecule has 0 fully saturated rings. The summed E-state index contributed by atoms with van der Waals surface area (Å²) >= 11 is 1.96. The quantitative estimate of drug-likeness (QED) is 0.683. The van der Waals surface area contributed by atoms with E-state index in [-0.39, 0.29) is 0 Å². The molecule has 0 aromatic heterocycles. The maximum absolute atomic E-state index is 4.58. The van der Waals surface area contributed by atoms with Gasteiger partial charge in [0.05, 0.1) is 5.04 Å². The lowest BCUT2D eigenvalue weighted by atomic mass is 10.1. The number of hydrogen-bond acceptors (Lipinski definition) is 2. The second kappa shape index (κ2) is 3.43. The zero-order valence-electron chi connectivity index (χ0n) is 8.07. The molecule has 2 aliphatic rings. The molecule has 72 valence electrons. The van der Waals surface area contributed by atoms with E-state index in [1.807, 2.05) is 11.8 Å². The van der Waals surface area contributed by atoms with Gasteiger partial charge in [-0.05, 0) is 24.0 Å². The van der Waals surface area contributed by atoms with Gasteiger partial charge in [0, 0.05) is 18.2 Å². The van der Waals surface area contributed by atoms with E-state index < -0.39 is 0 Å². The fourth-order valence-corrected chi connectivity index (χ4v) is 3.31. The van der Waals surface area contributed by atoms with Crippen molar-refractivity contribution in [3.63, 3.8) is 0 Å². The third-order valence-corrected chi connectivity index (χ3v) is 4.15. The first kappa shape index (κ1) is 8.54. The largest absolute Gasteiger partial charge is 0.282 e. The van der Waals surface area contributed by atoms with Gasteiger partial charge in [-0.2, -0.15) is 0 Å². The molecule has 14 heavy (non-hydrogen) atoms.